The lowest BCUT2D eigenvalue weighted by Gasteiger charge is -2.16. The number of β-amino-alcohol motifs (C(OH)–C–C–N with tert-alkyl or cyclic N) is 1. The maximum atomic E-state index is 13.4. The second-order valence-corrected chi connectivity index (χ2v) is 9.47. The molecule has 5 rings (SSSR count). The van der Waals surface area contributed by atoms with Gasteiger partial charge in [-0.1, -0.05) is 0 Å². The fourth-order valence-electron chi connectivity index (χ4n) is 4.56. The molecule has 0 aliphatic carbocycles. The number of likely N-dealkylation sites (tertiary alicyclic amines) is 1. The van der Waals surface area contributed by atoms with Gasteiger partial charge in [0.05, 0.1) is 31.8 Å². The van der Waals surface area contributed by atoms with Crippen LogP contribution < -0.4 is 20.1 Å². The summed E-state index contributed by atoms with van der Waals surface area (Å²) in [5, 5.41) is 22.9. The van der Waals surface area contributed by atoms with Crippen LogP contribution in [-0.4, -0.2) is 75.5 Å². The molecule has 40 heavy (non-hydrogen) atoms. The second-order valence-electron chi connectivity index (χ2n) is 9.47. The molecule has 0 bridgehead atoms. The van der Waals surface area contributed by atoms with Crippen molar-refractivity contribution in [2.75, 3.05) is 44.0 Å². The summed E-state index contributed by atoms with van der Waals surface area (Å²) >= 11 is 0. The quantitative estimate of drug-likeness (QED) is 0.206. The van der Waals surface area contributed by atoms with Gasteiger partial charge in [-0.3, -0.25) is 9.89 Å². The molecule has 0 spiro atoms. The highest BCUT2D eigenvalue weighted by atomic mass is 19.1. The van der Waals surface area contributed by atoms with E-state index in [4.69, 9.17) is 9.47 Å². The molecule has 1 fully saturated rings. The molecule has 0 saturated carbocycles. The molecule has 4 aromatic rings. The predicted molar refractivity (Wildman–Crippen MR) is 144 cm³/mol. The Bertz CT molecular complexity index is 1480. The average molecular weight is 554 g/mol. The maximum Gasteiger partial charge on any atom is 0.230 e. The third-order valence-corrected chi connectivity index (χ3v) is 6.42. The number of aromatic amines is 1. The highest BCUT2D eigenvalue weighted by Crippen LogP contribution is 2.34. The molecule has 2 aromatic heterocycles. The molecule has 1 amide bonds. The molecule has 1 atom stereocenters. The Morgan fingerprint density at radius 3 is 2.73 bits per heavy atom. The number of nitrogens with zero attached hydrogens (tertiary/aromatic N) is 4. The lowest BCUT2D eigenvalue weighted by Crippen LogP contribution is -2.24. The van der Waals surface area contributed by atoms with Crippen molar-refractivity contribution in [3.8, 4) is 11.5 Å². The van der Waals surface area contributed by atoms with E-state index in [1.807, 2.05) is 0 Å². The Kier molecular flexibility index (Phi) is 8.31. The van der Waals surface area contributed by atoms with Crippen molar-refractivity contribution < 1.29 is 28.2 Å². The fourth-order valence-corrected chi connectivity index (χ4v) is 4.56. The van der Waals surface area contributed by atoms with E-state index in [0.717, 1.165) is 44.1 Å². The fraction of sp³-hybridized carbons (Fsp3) is 0.333. The molecule has 1 aliphatic heterocycles. The van der Waals surface area contributed by atoms with Crippen LogP contribution in [0.15, 0.2) is 42.7 Å². The molecule has 0 radical (unpaired) electrons. The van der Waals surface area contributed by atoms with Crippen LogP contribution in [-0.2, 0) is 11.2 Å². The van der Waals surface area contributed by atoms with Crippen LogP contribution in [0, 0.1) is 11.6 Å². The molecular weight excluding hydrogens is 524 g/mol. The van der Waals surface area contributed by atoms with Crippen LogP contribution >= 0.6 is 0 Å². The van der Waals surface area contributed by atoms with Gasteiger partial charge in [-0.2, -0.15) is 5.10 Å². The normalized spacial score (nSPS) is 15.3. The minimum Gasteiger partial charge on any atom is -0.493 e. The Hall–Kier alpha value is -4.36. The van der Waals surface area contributed by atoms with Crippen molar-refractivity contribution >= 4 is 34.1 Å². The largest absolute Gasteiger partial charge is 0.493 e. The number of aliphatic hydroxyl groups excluding tert-OH is 1. The van der Waals surface area contributed by atoms with E-state index in [1.54, 1.807) is 25.3 Å². The molecule has 3 heterocycles. The number of benzene rings is 2. The van der Waals surface area contributed by atoms with E-state index in [-0.39, 0.29) is 18.2 Å². The predicted octanol–water partition coefficient (Wildman–Crippen LogP) is 3.40. The zero-order valence-electron chi connectivity index (χ0n) is 21.8. The second kappa shape index (κ2) is 12.2. The smallest absolute Gasteiger partial charge is 0.230 e. The number of methoxy groups -OCH3 is 1. The molecule has 210 valence electrons. The first kappa shape index (κ1) is 27.2. The van der Waals surface area contributed by atoms with Crippen LogP contribution in [0.4, 0.5) is 26.1 Å². The van der Waals surface area contributed by atoms with Gasteiger partial charge < -0.3 is 30.1 Å². The topological polar surface area (TPSA) is 138 Å². The van der Waals surface area contributed by atoms with Crippen molar-refractivity contribution in [1.29, 1.82) is 0 Å². The summed E-state index contributed by atoms with van der Waals surface area (Å²) in [6, 6.07) is 8.00. The SMILES string of the molecule is COc1cc2c(Nc3cc(CC(=O)Nc4cc(F)cc(F)c4)[nH]n3)ncnc2cc1OCCCN1CCC(O)C1. The Morgan fingerprint density at radius 2 is 1.98 bits per heavy atom. The average Bonchev–Trinajstić information content (AvgIpc) is 3.53. The number of hydrogen-bond donors (Lipinski definition) is 4. The number of carbonyl (C=O) groups is 1. The summed E-state index contributed by atoms with van der Waals surface area (Å²) in [6.07, 6.45) is 2.70. The lowest BCUT2D eigenvalue weighted by atomic mass is 10.2. The molecule has 2 aromatic carbocycles. The third kappa shape index (κ3) is 6.79. The Labute approximate surface area is 228 Å². The van der Waals surface area contributed by atoms with E-state index in [9.17, 15) is 18.7 Å². The number of ether oxygens (including phenoxy) is 2. The van der Waals surface area contributed by atoms with Crippen molar-refractivity contribution in [3.63, 3.8) is 0 Å². The van der Waals surface area contributed by atoms with Crippen molar-refractivity contribution in [3.05, 3.63) is 60.1 Å². The lowest BCUT2D eigenvalue weighted by molar-refractivity contribution is -0.115. The van der Waals surface area contributed by atoms with Gasteiger partial charge in [0.2, 0.25) is 5.91 Å². The Balaban J connectivity index is 1.22. The zero-order chi connectivity index (χ0) is 28.1. The van der Waals surface area contributed by atoms with Crippen LogP contribution in [0.1, 0.15) is 18.5 Å². The van der Waals surface area contributed by atoms with Gasteiger partial charge in [-0.15, -0.1) is 0 Å². The summed E-state index contributed by atoms with van der Waals surface area (Å²) in [5.74, 6) is -0.0685. The van der Waals surface area contributed by atoms with Crippen LogP contribution in [0.5, 0.6) is 11.5 Å². The van der Waals surface area contributed by atoms with Crippen molar-refractivity contribution in [2.24, 2.45) is 0 Å². The zero-order valence-corrected chi connectivity index (χ0v) is 21.8. The number of anilines is 3. The van der Waals surface area contributed by atoms with Gasteiger partial charge in [0.25, 0.3) is 0 Å². The summed E-state index contributed by atoms with van der Waals surface area (Å²) in [7, 11) is 1.56. The van der Waals surface area contributed by atoms with E-state index in [1.165, 1.54) is 6.33 Å². The standard InChI is InChI=1S/C27H29F2N7O4/c1-39-23-12-21-22(13-24(23)40-6-2-4-36-5-3-20(37)14-36)30-15-31-27(21)33-25-10-19(34-35-25)11-26(38)32-18-8-16(28)7-17(29)9-18/h7-10,12-13,15,20,37H,2-6,11,14H2,1H3,(H,32,38)(H2,30,31,33,34,35). The highest BCUT2D eigenvalue weighted by molar-refractivity contribution is 5.93. The van der Waals surface area contributed by atoms with Gasteiger partial charge in [-0.05, 0) is 31.0 Å². The maximum absolute atomic E-state index is 13.4. The molecule has 1 unspecified atom stereocenters. The third-order valence-electron chi connectivity index (χ3n) is 6.42. The first-order chi connectivity index (χ1) is 19.4. The van der Waals surface area contributed by atoms with Gasteiger partial charge in [-0.25, -0.2) is 18.7 Å². The summed E-state index contributed by atoms with van der Waals surface area (Å²) in [6.45, 7) is 2.93. The number of amides is 1. The van der Waals surface area contributed by atoms with E-state index in [0.29, 0.717) is 52.9 Å². The monoisotopic (exact) mass is 553 g/mol. The minimum absolute atomic E-state index is 0.0246. The summed E-state index contributed by atoms with van der Waals surface area (Å²) < 4.78 is 38.3. The number of nitrogens with one attached hydrogen (secondary N) is 3. The van der Waals surface area contributed by atoms with Gasteiger partial charge in [0.1, 0.15) is 23.8 Å². The number of rotatable bonds is 11. The van der Waals surface area contributed by atoms with E-state index >= 15 is 0 Å². The van der Waals surface area contributed by atoms with Crippen molar-refractivity contribution in [1.82, 2.24) is 25.1 Å². The summed E-state index contributed by atoms with van der Waals surface area (Å²) in [4.78, 5) is 23.2. The molecule has 1 saturated heterocycles. The van der Waals surface area contributed by atoms with Gasteiger partial charge in [0, 0.05) is 54.6 Å². The number of carbonyl (C=O) groups excluding carboxylic acids is 1. The van der Waals surface area contributed by atoms with Crippen LogP contribution in [0.2, 0.25) is 0 Å². The number of halogens is 2. The van der Waals surface area contributed by atoms with E-state index < -0.39 is 17.5 Å². The molecule has 13 heteroatoms. The Morgan fingerprint density at radius 1 is 1.15 bits per heavy atom. The van der Waals surface area contributed by atoms with Crippen molar-refractivity contribution in [2.45, 2.75) is 25.4 Å². The summed E-state index contributed by atoms with van der Waals surface area (Å²) in [5.41, 5.74) is 1.14. The highest BCUT2D eigenvalue weighted by Gasteiger charge is 2.19. The van der Waals surface area contributed by atoms with Gasteiger partial charge in [0.15, 0.2) is 17.3 Å². The minimum atomic E-state index is -0.783. The van der Waals surface area contributed by atoms with Gasteiger partial charge >= 0.3 is 0 Å². The van der Waals surface area contributed by atoms with Crippen LogP contribution in [0.3, 0.4) is 0 Å². The molecule has 4 N–H and O–H groups in total. The first-order valence-corrected chi connectivity index (χ1v) is 12.8. The number of hydrogen-bond acceptors (Lipinski definition) is 9. The molecular formula is C27H29F2N7O4. The molecule has 11 nitrogen and oxygen atoms in total. The molecule has 1 aliphatic rings. The number of fused-ring (bicyclic) bond motifs is 1. The number of aliphatic hydroxyl groups is 1. The first-order valence-electron chi connectivity index (χ1n) is 12.8. The number of H-pyrrole nitrogens is 1. The van der Waals surface area contributed by atoms with Crippen LogP contribution in [0.25, 0.3) is 10.9 Å². The number of aromatic nitrogens is 4. The van der Waals surface area contributed by atoms with E-state index in [2.05, 4.69) is 35.7 Å².